The largest absolute Gasteiger partial charge is 0.348 e. The van der Waals surface area contributed by atoms with Gasteiger partial charge >= 0.3 is 5.69 Å². The van der Waals surface area contributed by atoms with Gasteiger partial charge in [-0.1, -0.05) is 6.07 Å². The van der Waals surface area contributed by atoms with Gasteiger partial charge in [-0.2, -0.15) is 9.61 Å². The molecule has 1 N–H and O–H groups in total. The lowest BCUT2D eigenvalue weighted by atomic mass is 10.2. The predicted octanol–water partition coefficient (Wildman–Crippen LogP) is 2.61. The van der Waals surface area contributed by atoms with E-state index in [9.17, 15) is 4.79 Å². The van der Waals surface area contributed by atoms with E-state index in [4.69, 9.17) is 0 Å². The van der Waals surface area contributed by atoms with E-state index >= 15 is 0 Å². The highest BCUT2D eigenvalue weighted by molar-refractivity contribution is 9.10. The van der Waals surface area contributed by atoms with Gasteiger partial charge in [0.25, 0.3) is 0 Å². The Balaban J connectivity index is 1.68. The van der Waals surface area contributed by atoms with Gasteiger partial charge in [0, 0.05) is 22.6 Å². The lowest BCUT2D eigenvalue weighted by molar-refractivity contribution is 0.563. The van der Waals surface area contributed by atoms with Gasteiger partial charge in [0.05, 0.1) is 17.3 Å². The normalized spacial score (nSPS) is 14.7. The molecule has 0 saturated heterocycles. The van der Waals surface area contributed by atoms with Crippen LogP contribution in [-0.4, -0.2) is 29.4 Å². The van der Waals surface area contributed by atoms with E-state index in [1.165, 1.54) is 17.4 Å². The van der Waals surface area contributed by atoms with Crippen LogP contribution < -0.4 is 5.69 Å². The predicted molar refractivity (Wildman–Crippen MR) is 92.8 cm³/mol. The van der Waals surface area contributed by atoms with Crippen LogP contribution in [-0.2, 0) is 6.54 Å². The van der Waals surface area contributed by atoms with Crippen LogP contribution in [0.25, 0.3) is 27.9 Å². The van der Waals surface area contributed by atoms with Crippen LogP contribution in [0.4, 0.5) is 0 Å². The van der Waals surface area contributed by atoms with Crippen molar-refractivity contribution in [2.75, 3.05) is 0 Å². The summed E-state index contributed by atoms with van der Waals surface area (Å²) in [5.41, 5.74) is 1.77. The minimum absolute atomic E-state index is 0.312. The first-order valence-electron chi connectivity index (χ1n) is 7.79. The molecule has 3 aromatic heterocycles. The molecule has 24 heavy (non-hydrogen) atoms. The number of nitrogens with one attached hydrogen (secondary N) is 1. The first-order chi connectivity index (χ1) is 11.7. The smallest absolute Gasteiger partial charge is 0.304 e. The molecule has 1 saturated carbocycles. The molecule has 1 aliphatic rings. The summed E-state index contributed by atoms with van der Waals surface area (Å²) in [6.45, 7) is 0.934. The van der Waals surface area contributed by atoms with Gasteiger partial charge in [-0.15, -0.1) is 5.10 Å². The van der Waals surface area contributed by atoms with Crippen molar-refractivity contribution in [3.05, 3.63) is 45.5 Å². The second-order valence-electron chi connectivity index (χ2n) is 6.16. The van der Waals surface area contributed by atoms with Crippen molar-refractivity contribution in [1.29, 1.82) is 0 Å². The lowest BCUT2D eigenvalue weighted by Gasteiger charge is -2.00. The van der Waals surface area contributed by atoms with Crippen molar-refractivity contribution in [2.45, 2.75) is 19.4 Å². The van der Waals surface area contributed by atoms with Gasteiger partial charge in [0.15, 0.2) is 11.5 Å². The standard InChI is InChI=1S/C16H13BrN6O/c17-12-3-1-2-11-13(12)19-16(24)23-15(11)20-14(21-23)10-6-18-22(8-10)7-9-4-5-9/h1-3,6,8-9H,4-5,7H2,(H,19,24). The average Bonchev–Trinajstić information content (AvgIpc) is 3.08. The van der Waals surface area contributed by atoms with E-state index < -0.39 is 0 Å². The second-order valence-corrected chi connectivity index (χ2v) is 7.01. The summed E-state index contributed by atoms with van der Waals surface area (Å²) in [5, 5.41) is 9.58. The Morgan fingerprint density at radius 1 is 1.33 bits per heavy atom. The summed E-state index contributed by atoms with van der Waals surface area (Å²) in [6, 6.07) is 5.71. The van der Waals surface area contributed by atoms with Gasteiger partial charge in [-0.25, -0.2) is 9.78 Å². The summed E-state index contributed by atoms with van der Waals surface area (Å²) in [4.78, 5) is 19.7. The van der Waals surface area contributed by atoms with E-state index in [-0.39, 0.29) is 5.69 Å². The molecule has 1 aromatic carbocycles. The average molecular weight is 385 g/mol. The number of H-pyrrole nitrogens is 1. The molecule has 1 aliphatic carbocycles. The third-order valence-electron chi connectivity index (χ3n) is 4.32. The highest BCUT2D eigenvalue weighted by Gasteiger charge is 2.22. The first kappa shape index (κ1) is 13.9. The number of rotatable bonds is 3. The van der Waals surface area contributed by atoms with Crippen molar-refractivity contribution in [2.24, 2.45) is 5.92 Å². The molecule has 5 rings (SSSR count). The molecule has 0 spiro atoms. The van der Waals surface area contributed by atoms with E-state index in [1.54, 1.807) is 6.20 Å². The number of nitrogens with zero attached hydrogens (tertiary/aromatic N) is 5. The Morgan fingerprint density at radius 3 is 3.04 bits per heavy atom. The van der Waals surface area contributed by atoms with Crippen LogP contribution in [0, 0.1) is 5.92 Å². The Morgan fingerprint density at radius 2 is 2.21 bits per heavy atom. The Hall–Kier alpha value is -2.48. The minimum Gasteiger partial charge on any atom is -0.304 e. The molecule has 8 heteroatoms. The van der Waals surface area contributed by atoms with Crippen molar-refractivity contribution in [3.8, 4) is 11.4 Å². The molecular formula is C16H13BrN6O. The zero-order chi connectivity index (χ0) is 16.3. The quantitative estimate of drug-likeness (QED) is 0.588. The van der Waals surface area contributed by atoms with Gasteiger partial charge < -0.3 is 4.98 Å². The molecular weight excluding hydrogens is 372 g/mol. The third-order valence-corrected chi connectivity index (χ3v) is 4.98. The van der Waals surface area contributed by atoms with Crippen LogP contribution in [0.2, 0.25) is 0 Å². The SMILES string of the molecule is O=c1[nH]c2c(Br)cccc2c2nc(-c3cnn(CC4CC4)c3)nn12. The topological polar surface area (TPSA) is 80.9 Å². The van der Waals surface area contributed by atoms with E-state index in [2.05, 4.69) is 36.1 Å². The fourth-order valence-electron chi connectivity index (χ4n) is 2.89. The highest BCUT2D eigenvalue weighted by Crippen LogP contribution is 2.31. The summed E-state index contributed by atoms with van der Waals surface area (Å²) in [6.07, 6.45) is 6.25. The first-order valence-corrected chi connectivity index (χ1v) is 8.58. The van der Waals surface area contributed by atoms with Gasteiger partial charge in [-0.3, -0.25) is 4.68 Å². The summed E-state index contributed by atoms with van der Waals surface area (Å²) in [7, 11) is 0. The number of aromatic amines is 1. The Kier molecular flexibility index (Phi) is 2.90. The number of halogens is 1. The second kappa shape index (κ2) is 5.01. The maximum atomic E-state index is 12.3. The zero-order valence-corrected chi connectivity index (χ0v) is 14.2. The fourth-order valence-corrected chi connectivity index (χ4v) is 3.36. The molecule has 0 aliphatic heterocycles. The highest BCUT2D eigenvalue weighted by atomic mass is 79.9. The summed E-state index contributed by atoms with van der Waals surface area (Å²) in [5.74, 6) is 1.26. The number of fused-ring (bicyclic) bond motifs is 3. The molecule has 3 heterocycles. The molecule has 7 nitrogen and oxygen atoms in total. The van der Waals surface area contributed by atoms with E-state index in [0.717, 1.165) is 33.4 Å². The molecule has 0 unspecified atom stereocenters. The van der Waals surface area contributed by atoms with Crippen molar-refractivity contribution < 1.29 is 0 Å². The summed E-state index contributed by atoms with van der Waals surface area (Å²) < 4.78 is 4.06. The zero-order valence-electron chi connectivity index (χ0n) is 12.6. The fraction of sp³-hybridized carbons (Fsp3) is 0.250. The van der Waals surface area contributed by atoms with Gasteiger partial charge in [0.2, 0.25) is 0 Å². The van der Waals surface area contributed by atoms with Crippen LogP contribution in [0.3, 0.4) is 0 Å². The lowest BCUT2D eigenvalue weighted by Crippen LogP contribution is -2.17. The molecule has 4 aromatic rings. The number of hydrogen-bond donors (Lipinski definition) is 1. The van der Waals surface area contributed by atoms with Crippen molar-refractivity contribution in [1.82, 2.24) is 29.4 Å². The number of para-hydroxylation sites is 1. The maximum absolute atomic E-state index is 12.3. The molecule has 0 bridgehead atoms. The van der Waals surface area contributed by atoms with Crippen LogP contribution in [0.15, 0.2) is 39.9 Å². The van der Waals surface area contributed by atoms with Crippen LogP contribution >= 0.6 is 15.9 Å². The third kappa shape index (κ3) is 2.17. The van der Waals surface area contributed by atoms with E-state index in [1.807, 2.05) is 29.1 Å². The Labute approximate surface area is 144 Å². The number of hydrogen-bond acceptors (Lipinski definition) is 4. The monoisotopic (exact) mass is 384 g/mol. The molecule has 120 valence electrons. The maximum Gasteiger partial charge on any atom is 0.348 e. The van der Waals surface area contributed by atoms with Crippen LogP contribution in [0.1, 0.15) is 12.8 Å². The molecule has 1 fully saturated rings. The molecule has 0 atom stereocenters. The van der Waals surface area contributed by atoms with Crippen molar-refractivity contribution in [3.63, 3.8) is 0 Å². The van der Waals surface area contributed by atoms with Crippen molar-refractivity contribution >= 4 is 32.5 Å². The van der Waals surface area contributed by atoms with E-state index in [0.29, 0.717) is 11.5 Å². The van der Waals surface area contributed by atoms with Crippen LogP contribution in [0.5, 0.6) is 0 Å². The minimum atomic E-state index is -0.312. The van der Waals surface area contributed by atoms with Gasteiger partial charge in [0.1, 0.15) is 0 Å². The summed E-state index contributed by atoms with van der Waals surface area (Å²) >= 11 is 3.46. The van der Waals surface area contributed by atoms with Gasteiger partial charge in [-0.05, 0) is 46.8 Å². The number of benzene rings is 1. The number of aromatic nitrogens is 6. The Bertz CT molecular complexity index is 1140. The molecule has 0 radical (unpaired) electrons. The molecule has 0 amide bonds.